The first-order valence-corrected chi connectivity index (χ1v) is 6.41. The van der Waals surface area contributed by atoms with E-state index >= 15 is 0 Å². The van der Waals surface area contributed by atoms with Crippen molar-refractivity contribution < 1.29 is 9.90 Å². The summed E-state index contributed by atoms with van der Waals surface area (Å²) < 4.78 is 0. The van der Waals surface area contributed by atoms with Gasteiger partial charge in [0.1, 0.15) is 6.54 Å². The predicted octanol–water partition coefficient (Wildman–Crippen LogP) is 2.26. The zero-order valence-corrected chi connectivity index (χ0v) is 10.7. The van der Waals surface area contributed by atoms with Gasteiger partial charge < -0.3 is 5.11 Å². The van der Waals surface area contributed by atoms with E-state index in [0.29, 0.717) is 0 Å². The molecule has 0 atom stereocenters. The number of hydrogen-bond acceptors (Lipinski definition) is 3. The number of carbonyl (C=O) groups is 1. The van der Waals surface area contributed by atoms with Crippen molar-refractivity contribution in [3.8, 4) is 0 Å². The van der Waals surface area contributed by atoms with E-state index in [2.05, 4.69) is 19.3 Å². The van der Waals surface area contributed by atoms with E-state index in [1.54, 1.807) is 0 Å². The molecule has 4 nitrogen and oxygen atoms in total. The molecule has 4 heteroatoms. The highest BCUT2D eigenvalue weighted by atomic mass is 16.4. The van der Waals surface area contributed by atoms with Crippen LogP contribution in [-0.2, 0) is 4.79 Å². The van der Waals surface area contributed by atoms with Crippen molar-refractivity contribution in [2.45, 2.75) is 52.4 Å². The number of nitrogens with zero attached hydrogens (tertiary/aromatic N) is 1. The fourth-order valence-corrected chi connectivity index (χ4v) is 1.54. The molecule has 0 rings (SSSR count). The molecule has 0 bridgehead atoms. The minimum Gasteiger partial charge on any atom is -0.480 e. The lowest BCUT2D eigenvalue weighted by Crippen LogP contribution is -2.42. The Balaban J connectivity index is 3.67. The summed E-state index contributed by atoms with van der Waals surface area (Å²) in [5.74, 6) is -0.764. The maximum Gasteiger partial charge on any atom is 0.319 e. The van der Waals surface area contributed by atoms with Gasteiger partial charge in [0, 0.05) is 13.1 Å². The Morgan fingerprint density at radius 1 is 1.12 bits per heavy atom. The standard InChI is InChI=1S/C12H26N2O2/c1-3-5-7-9-13-14(11-12(15)16)10-8-6-4-2/h13H,3-11H2,1-2H3,(H,15,16). The Hall–Kier alpha value is -0.610. The average molecular weight is 230 g/mol. The van der Waals surface area contributed by atoms with Crippen LogP contribution in [0.25, 0.3) is 0 Å². The minimum atomic E-state index is -0.764. The van der Waals surface area contributed by atoms with Gasteiger partial charge >= 0.3 is 5.97 Å². The fraction of sp³-hybridized carbons (Fsp3) is 0.917. The number of nitrogens with one attached hydrogen (secondary N) is 1. The highest BCUT2D eigenvalue weighted by Crippen LogP contribution is 1.97. The first kappa shape index (κ1) is 15.4. The van der Waals surface area contributed by atoms with Gasteiger partial charge in [-0.1, -0.05) is 39.5 Å². The second-order valence-corrected chi connectivity index (χ2v) is 4.14. The molecule has 0 radical (unpaired) electrons. The maximum atomic E-state index is 10.6. The van der Waals surface area contributed by atoms with Gasteiger partial charge in [-0.15, -0.1) is 0 Å². The number of unbranched alkanes of at least 4 members (excludes halogenated alkanes) is 4. The molecule has 0 spiro atoms. The molecular weight excluding hydrogens is 204 g/mol. The lowest BCUT2D eigenvalue weighted by Gasteiger charge is -2.21. The average Bonchev–Trinajstić information content (AvgIpc) is 2.23. The summed E-state index contributed by atoms with van der Waals surface area (Å²) in [4.78, 5) is 10.6. The van der Waals surface area contributed by atoms with E-state index in [-0.39, 0.29) is 6.54 Å². The summed E-state index contributed by atoms with van der Waals surface area (Å²) in [6.07, 6.45) is 6.88. The number of hydrazine groups is 1. The summed E-state index contributed by atoms with van der Waals surface area (Å²) in [6, 6.07) is 0. The van der Waals surface area contributed by atoms with Gasteiger partial charge in [-0.2, -0.15) is 0 Å². The zero-order chi connectivity index (χ0) is 12.2. The van der Waals surface area contributed by atoms with Crippen molar-refractivity contribution in [2.75, 3.05) is 19.6 Å². The SMILES string of the molecule is CCCCCNN(CCCCC)CC(=O)O. The smallest absolute Gasteiger partial charge is 0.319 e. The maximum absolute atomic E-state index is 10.6. The molecule has 0 aromatic heterocycles. The van der Waals surface area contributed by atoms with Gasteiger partial charge in [0.15, 0.2) is 0 Å². The summed E-state index contributed by atoms with van der Waals surface area (Å²) in [5.41, 5.74) is 3.20. The van der Waals surface area contributed by atoms with Crippen LogP contribution in [0.3, 0.4) is 0 Å². The van der Waals surface area contributed by atoms with Gasteiger partial charge in [0.25, 0.3) is 0 Å². The molecule has 0 aliphatic rings. The van der Waals surface area contributed by atoms with Crippen molar-refractivity contribution in [1.29, 1.82) is 0 Å². The Morgan fingerprint density at radius 3 is 2.31 bits per heavy atom. The molecule has 0 saturated carbocycles. The van der Waals surface area contributed by atoms with Crippen LogP contribution in [0, 0.1) is 0 Å². The van der Waals surface area contributed by atoms with Gasteiger partial charge in [0.2, 0.25) is 0 Å². The van der Waals surface area contributed by atoms with Crippen LogP contribution >= 0.6 is 0 Å². The van der Waals surface area contributed by atoms with E-state index < -0.39 is 5.97 Å². The van der Waals surface area contributed by atoms with Crippen LogP contribution in [0.5, 0.6) is 0 Å². The lowest BCUT2D eigenvalue weighted by atomic mass is 10.2. The molecule has 0 amide bonds. The molecule has 16 heavy (non-hydrogen) atoms. The summed E-state index contributed by atoms with van der Waals surface area (Å²) in [6.45, 7) is 6.11. The number of carboxylic acids is 1. The van der Waals surface area contributed by atoms with E-state index in [1.165, 1.54) is 12.8 Å². The Kier molecular flexibility index (Phi) is 10.5. The van der Waals surface area contributed by atoms with E-state index in [0.717, 1.165) is 38.8 Å². The highest BCUT2D eigenvalue weighted by molar-refractivity contribution is 5.68. The lowest BCUT2D eigenvalue weighted by molar-refractivity contribution is -0.139. The zero-order valence-electron chi connectivity index (χ0n) is 10.7. The van der Waals surface area contributed by atoms with Crippen LogP contribution in [0.15, 0.2) is 0 Å². The topological polar surface area (TPSA) is 52.6 Å². The molecule has 0 saturated heterocycles. The first-order chi connectivity index (χ1) is 7.70. The molecule has 0 fully saturated rings. The largest absolute Gasteiger partial charge is 0.480 e. The van der Waals surface area contributed by atoms with Gasteiger partial charge in [-0.3, -0.25) is 10.2 Å². The fourth-order valence-electron chi connectivity index (χ4n) is 1.54. The predicted molar refractivity (Wildman–Crippen MR) is 66.3 cm³/mol. The Bertz CT molecular complexity index is 174. The number of hydrogen-bond donors (Lipinski definition) is 2. The molecule has 0 aliphatic heterocycles. The third-order valence-corrected chi connectivity index (χ3v) is 2.47. The monoisotopic (exact) mass is 230 g/mol. The van der Waals surface area contributed by atoms with E-state index in [9.17, 15) is 4.79 Å². The van der Waals surface area contributed by atoms with Crippen LogP contribution in [0.1, 0.15) is 52.4 Å². The summed E-state index contributed by atoms with van der Waals surface area (Å²) in [7, 11) is 0. The van der Waals surface area contributed by atoms with Crippen LogP contribution in [-0.4, -0.2) is 35.7 Å². The molecule has 2 N–H and O–H groups in total. The summed E-state index contributed by atoms with van der Waals surface area (Å²) in [5, 5.41) is 10.6. The number of carboxylic acid groups (broad SMARTS) is 1. The van der Waals surface area contributed by atoms with Crippen LogP contribution < -0.4 is 5.43 Å². The van der Waals surface area contributed by atoms with Crippen molar-refractivity contribution in [1.82, 2.24) is 10.4 Å². The summed E-state index contributed by atoms with van der Waals surface area (Å²) >= 11 is 0. The van der Waals surface area contributed by atoms with Gasteiger partial charge in [-0.05, 0) is 12.8 Å². The van der Waals surface area contributed by atoms with Gasteiger partial charge in [0.05, 0.1) is 0 Å². The number of aliphatic carboxylic acids is 1. The molecule has 96 valence electrons. The molecule has 0 aromatic carbocycles. The van der Waals surface area contributed by atoms with Crippen molar-refractivity contribution in [3.05, 3.63) is 0 Å². The quantitative estimate of drug-likeness (QED) is 0.422. The van der Waals surface area contributed by atoms with Crippen molar-refractivity contribution >= 4 is 5.97 Å². The van der Waals surface area contributed by atoms with E-state index in [1.807, 2.05) is 5.01 Å². The molecule has 0 heterocycles. The van der Waals surface area contributed by atoms with Crippen molar-refractivity contribution in [2.24, 2.45) is 0 Å². The van der Waals surface area contributed by atoms with E-state index in [4.69, 9.17) is 5.11 Å². The Labute approximate surface area is 99.0 Å². The second-order valence-electron chi connectivity index (χ2n) is 4.14. The molecular formula is C12H26N2O2. The molecule has 0 aromatic rings. The molecule has 0 unspecified atom stereocenters. The normalized spacial score (nSPS) is 10.9. The Morgan fingerprint density at radius 2 is 1.75 bits per heavy atom. The van der Waals surface area contributed by atoms with Gasteiger partial charge in [-0.25, -0.2) is 5.01 Å². The third-order valence-electron chi connectivity index (χ3n) is 2.47. The van der Waals surface area contributed by atoms with Crippen molar-refractivity contribution in [3.63, 3.8) is 0 Å². The first-order valence-electron chi connectivity index (χ1n) is 6.41. The second kappa shape index (κ2) is 10.9. The highest BCUT2D eigenvalue weighted by Gasteiger charge is 2.07. The van der Waals surface area contributed by atoms with Crippen LogP contribution in [0.4, 0.5) is 0 Å². The minimum absolute atomic E-state index is 0.0931. The number of rotatable bonds is 11. The third kappa shape index (κ3) is 9.93. The van der Waals surface area contributed by atoms with Crippen LogP contribution in [0.2, 0.25) is 0 Å². The molecule has 0 aliphatic carbocycles.